The molecule has 0 fully saturated rings. The van der Waals surface area contributed by atoms with Crippen LogP contribution < -0.4 is 0 Å². The van der Waals surface area contributed by atoms with Crippen LogP contribution in [0.3, 0.4) is 0 Å². The Morgan fingerprint density at radius 1 is 0.383 bits per heavy atom. The zero-order chi connectivity index (χ0) is 39.4. The standard InChI is InChI=1S/C56H33N3S/c1-3-13-34(14-4-1)47-31-26-36-23-24-37-27-32-48(58-54(37)53(36)57-47)38-25-28-41-49(33-38)59-52(35-15-5-2-6-16-35)42-29-30-46-55(51(41)42)60-50-22-12-11-21-45(50)56(46)43-19-9-7-17-39(43)40-18-8-10-20-44(40)56/h1-33H. The highest BCUT2D eigenvalue weighted by molar-refractivity contribution is 7.99. The SMILES string of the molecule is c1ccc(-c2ccc3ccc4ccc(-c5ccc6c(c5)nc(-c5ccccc5)c5ccc7c(c56)Sc5ccccc5C75c6ccccc6-c6ccccc65)nc4c3n2)cc1. The maximum atomic E-state index is 5.52. The van der Waals surface area contributed by atoms with Gasteiger partial charge in [0, 0.05) is 53.4 Å². The molecular weight excluding hydrogens is 747 g/mol. The van der Waals surface area contributed by atoms with Crippen LogP contribution in [0.15, 0.2) is 210 Å². The fourth-order valence-electron chi connectivity index (χ4n) is 10.1. The molecule has 60 heavy (non-hydrogen) atoms. The third kappa shape index (κ3) is 4.71. The van der Waals surface area contributed by atoms with Crippen molar-refractivity contribution in [2.45, 2.75) is 15.2 Å². The van der Waals surface area contributed by atoms with Crippen LogP contribution in [0.2, 0.25) is 0 Å². The van der Waals surface area contributed by atoms with Crippen molar-refractivity contribution in [3.05, 3.63) is 222 Å². The summed E-state index contributed by atoms with van der Waals surface area (Å²) in [5.74, 6) is 0. The first-order valence-corrected chi connectivity index (χ1v) is 21.3. The van der Waals surface area contributed by atoms with Crippen LogP contribution in [0.4, 0.5) is 0 Å². The monoisotopic (exact) mass is 779 g/mol. The number of rotatable bonds is 3. The number of benzene rings is 8. The normalized spacial score (nSPS) is 13.4. The van der Waals surface area contributed by atoms with E-state index in [0.29, 0.717) is 0 Å². The summed E-state index contributed by atoms with van der Waals surface area (Å²) in [7, 11) is 0. The first kappa shape index (κ1) is 33.6. The maximum Gasteiger partial charge on any atom is 0.0972 e. The Balaban J connectivity index is 1.08. The highest BCUT2D eigenvalue weighted by Gasteiger charge is 2.50. The number of aromatic nitrogens is 3. The van der Waals surface area contributed by atoms with Crippen LogP contribution in [0.25, 0.3) is 88.4 Å². The van der Waals surface area contributed by atoms with Gasteiger partial charge in [-0.15, -0.1) is 0 Å². The summed E-state index contributed by atoms with van der Waals surface area (Å²) >= 11 is 1.90. The van der Waals surface area contributed by atoms with Crippen molar-refractivity contribution in [2.24, 2.45) is 0 Å². The van der Waals surface area contributed by atoms with Crippen molar-refractivity contribution < 1.29 is 0 Å². The van der Waals surface area contributed by atoms with E-state index in [1.807, 2.05) is 17.8 Å². The lowest BCUT2D eigenvalue weighted by Gasteiger charge is -2.40. The van der Waals surface area contributed by atoms with Gasteiger partial charge in [-0.1, -0.05) is 188 Å². The molecule has 0 unspecified atom stereocenters. The van der Waals surface area contributed by atoms with E-state index in [9.17, 15) is 0 Å². The molecule has 1 spiro atoms. The van der Waals surface area contributed by atoms with E-state index in [-0.39, 0.29) is 0 Å². The second-order valence-electron chi connectivity index (χ2n) is 15.8. The summed E-state index contributed by atoms with van der Waals surface area (Å²) in [5.41, 5.74) is 16.2. The third-order valence-electron chi connectivity index (χ3n) is 12.7. The molecule has 0 N–H and O–H groups in total. The van der Waals surface area contributed by atoms with Crippen molar-refractivity contribution in [1.29, 1.82) is 0 Å². The predicted molar refractivity (Wildman–Crippen MR) is 248 cm³/mol. The highest BCUT2D eigenvalue weighted by Crippen LogP contribution is 2.63. The lowest BCUT2D eigenvalue weighted by atomic mass is 9.67. The Bertz CT molecular complexity index is 3530. The Kier molecular flexibility index (Phi) is 7.16. The van der Waals surface area contributed by atoms with E-state index >= 15 is 0 Å². The number of pyridine rings is 3. The van der Waals surface area contributed by atoms with Gasteiger partial charge >= 0.3 is 0 Å². The van der Waals surface area contributed by atoms with Crippen LogP contribution in [-0.2, 0) is 5.41 Å². The van der Waals surface area contributed by atoms with Gasteiger partial charge in [0.05, 0.1) is 39.0 Å². The molecule has 4 heterocycles. The summed E-state index contributed by atoms with van der Waals surface area (Å²) in [6, 6.07) is 72.4. The summed E-state index contributed by atoms with van der Waals surface area (Å²) in [4.78, 5) is 18.6. The van der Waals surface area contributed by atoms with Gasteiger partial charge in [0.15, 0.2) is 0 Å². The molecule has 11 aromatic rings. The molecular formula is C56H33N3S. The number of hydrogen-bond acceptors (Lipinski definition) is 4. The minimum atomic E-state index is -0.465. The first-order valence-electron chi connectivity index (χ1n) is 20.4. The Morgan fingerprint density at radius 2 is 0.933 bits per heavy atom. The smallest absolute Gasteiger partial charge is 0.0972 e. The topological polar surface area (TPSA) is 38.7 Å². The summed E-state index contributed by atoms with van der Waals surface area (Å²) < 4.78 is 0. The van der Waals surface area contributed by atoms with Gasteiger partial charge in [0.2, 0.25) is 0 Å². The van der Waals surface area contributed by atoms with Crippen molar-refractivity contribution in [3.8, 4) is 44.9 Å². The van der Waals surface area contributed by atoms with Crippen LogP contribution in [0.5, 0.6) is 0 Å². The minimum Gasteiger partial charge on any atom is -0.247 e. The molecule has 1 aliphatic carbocycles. The van der Waals surface area contributed by atoms with Gasteiger partial charge in [0.1, 0.15) is 0 Å². The molecule has 0 bridgehead atoms. The zero-order valence-electron chi connectivity index (χ0n) is 32.3. The molecule has 278 valence electrons. The number of hydrogen-bond donors (Lipinski definition) is 0. The molecule has 2 aliphatic rings. The van der Waals surface area contributed by atoms with Gasteiger partial charge in [-0.3, -0.25) is 0 Å². The van der Waals surface area contributed by atoms with Gasteiger partial charge < -0.3 is 0 Å². The minimum absolute atomic E-state index is 0.465. The van der Waals surface area contributed by atoms with Gasteiger partial charge in [-0.2, -0.15) is 0 Å². The van der Waals surface area contributed by atoms with E-state index < -0.39 is 5.41 Å². The molecule has 8 aromatic carbocycles. The van der Waals surface area contributed by atoms with Crippen LogP contribution >= 0.6 is 11.8 Å². The average molecular weight is 780 g/mol. The second kappa shape index (κ2) is 12.8. The first-order chi connectivity index (χ1) is 29.7. The van der Waals surface area contributed by atoms with Gasteiger partial charge in [-0.05, 0) is 57.6 Å². The fraction of sp³-hybridized carbons (Fsp3) is 0.0179. The van der Waals surface area contributed by atoms with E-state index in [0.717, 1.165) is 71.9 Å². The maximum absolute atomic E-state index is 5.52. The van der Waals surface area contributed by atoms with E-state index in [1.165, 1.54) is 48.6 Å². The molecule has 3 nitrogen and oxygen atoms in total. The summed E-state index contributed by atoms with van der Waals surface area (Å²) in [6.45, 7) is 0. The Labute approximate surface area is 351 Å². The lowest BCUT2D eigenvalue weighted by molar-refractivity contribution is 0.726. The molecule has 4 heteroatoms. The highest BCUT2D eigenvalue weighted by atomic mass is 32.2. The van der Waals surface area contributed by atoms with Crippen molar-refractivity contribution in [1.82, 2.24) is 15.0 Å². The van der Waals surface area contributed by atoms with Crippen LogP contribution in [-0.4, -0.2) is 15.0 Å². The molecule has 13 rings (SSSR count). The second-order valence-corrected chi connectivity index (χ2v) is 16.9. The molecule has 1 aliphatic heterocycles. The van der Waals surface area contributed by atoms with Crippen LogP contribution in [0.1, 0.15) is 22.3 Å². The summed E-state index contributed by atoms with van der Waals surface area (Å²) in [5, 5.41) is 5.65. The molecule has 0 saturated carbocycles. The quantitative estimate of drug-likeness (QED) is 0.167. The predicted octanol–water partition coefficient (Wildman–Crippen LogP) is 14.3. The Hall–Kier alpha value is -7.40. The molecule has 0 amide bonds. The Morgan fingerprint density at radius 3 is 1.62 bits per heavy atom. The number of fused-ring (bicyclic) bond motifs is 16. The van der Waals surface area contributed by atoms with E-state index in [4.69, 9.17) is 15.0 Å². The van der Waals surface area contributed by atoms with Crippen molar-refractivity contribution in [3.63, 3.8) is 0 Å². The van der Waals surface area contributed by atoms with Crippen LogP contribution in [0, 0.1) is 0 Å². The molecule has 0 radical (unpaired) electrons. The molecule has 0 saturated heterocycles. The largest absolute Gasteiger partial charge is 0.247 e. The summed E-state index contributed by atoms with van der Waals surface area (Å²) in [6.07, 6.45) is 0. The van der Waals surface area contributed by atoms with E-state index in [2.05, 4.69) is 194 Å². The lowest BCUT2D eigenvalue weighted by Crippen LogP contribution is -2.32. The average Bonchev–Trinajstić information content (AvgIpc) is 3.61. The molecule has 0 atom stereocenters. The van der Waals surface area contributed by atoms with E-state index in [1.54, 1.807) is 0 Å². The van der Waals surface area contributed by atoms with Gasteiger partial charge in [-0.25, -0.2) is 15.0 Å². The number of nitrogens with zero attached hydrogens (tertiary/aromatic N) is 3. The van der Waals surface area contributed by atoms with Crippen molar-refractivity contribution in [2.75, 3.05) is 0 Å². The zero-order valence-corrected chi connectivity index (χ0v) is 33.1. The van der Waals surface area contributed by atoms with Gasteiger partial charge in [0.25, 0.3) is 0 Å². The fourth-order valence-corrected chi connectivity index (χ4v) is 11.4. The third-order valence-corrected chi connectivity index (χ3v) is 13.9. The van der Waals surface area contributed by atoms with Crippen molar-refractivity contribution >= 4 is 55.2 Å². The molecule has 3 aromatic heterocycles.